The van der Waals surface area contributed by atoms with E-state index in [1.807, 2.05) is 42.5 Å². The minimum absolute atomic E-state index is 0.384. The summed E-state index contributed by atoms with van der Waals surface area (Å²) in [6, 6.07) is 20.0. The second kappa shape index (κ2) is 9.29. The molecule has 6 nitrogen and oxygen atoms in total. The van der Waals surface area contributed by atoms with Crippen molar-refractivity contribution in [1.29, 1.82) is 0 Å². The fourth-order valence-corrected chi connectivity index (χ4v) is 3.49. The van der Waals surface area contributed by atoms with Crippen molar-refractivity contribution in [3.8, 4) is 23.0 Å². The lowest BCUT2D eigenvalue weighted by atomic mass is 10.1. The fourth-order valence-electron chi connectivity index (χ4n) is 3.12. The van der Waals surface area contributed by atoms with Gasteiger partial charge in [-0.2, -0.15) is 0 Å². The van der Waals surface area contributed by atoms with Crippen LogP contribution in [0.15, 0.2) is 71.1 Å². The zero-order valence-corrected chi connectivity index (χ0v) is 18.3. The van der Waals surface area contributed by atoms with E-state index in [9.17, 15) is 0 Å². The summed E-state index contributed by atoms with van der Waals surface area (Å²) in [5.74, 6) is 1.88. The maximum absolute atomic E-state index is 6.35. The molecule has 0 unspecified atom stereocenters. The van der Waals surface area contributed by atoms with Gasteiger partial charge in [0.2, 0.25) is 11.8 Å². The molecule has 0 saturated heterocycles. The number of nitrogens with one attached hydrogen (secondary N) is 1. The van der Waals surface area contributed by atoms with Crippen molar-refractivity contribution in [3.05, 3.63) is 88.2 Å². The number of benzene rings is 3. The second-order valence-electron chi connectivity index (χ2n) is 6.63. The van der Waals surface area contributed by atoms with E-state index in [1.54, 1.807) is 38.5 Å². The van der Waals surface area contributed by atoms with Crippen LogP contribution in [0.3, 0.4) is 0 Å². The standard InChI is InChI=1S/C23H19Cl2N3O3/c1-29-19-13-20(30-2)18(12-17(19)25)26-21(14-8-10-16(24)11-9-14)23-28-27-22(31-23)15-6-4-3-5-7-15/h3-13,21,26H,1-2H3/t21-/m0/s1. The summed E-state index contributed by atoms with van der Waals surface area (Å²) in [6.07, 6.45) is 0. The minimum atomic E-state index is -0.472. The minimum Gasteiger partial charge on any atom is -0.495 e. The third kappa shape index (κ3) is 4.60. The molecule has 0 saturated carbocycles. The van der Waals surface area contributed by atoms with Gasteiger partial charge in [-0.15, -0.1) is 10.2 Å². The fraction of sp³-hybridized carbons (Fsp3) is 0.130. The third-order valence-corrected chi connectivity index (χ3v) is 5.23. The molecule has 0 aliphatic carbocycles. The SMILES string of the molecule is COc1cc(OC)c(N[C@@H](c2ccc(Cl)cc2)c2nnc(-c3ccccc3)o2)cc1Cl. The van der Waals surface area contributed by atoms with E-state index in [0.717, 1.165) is 11.1 Å². The summed E-state index contributed by atoms with van der Waals surface area (Å²) in [4.78, 5) is 0. The lowest BCUT2D eigenvalue weighted by molar-refractivity contribution is 0.395. The van der Waals surface area contributed by atoms with Crippen LogP contribution in [0, 0.1) is 0 Å². The maximum atomic E-state index is 6.35. The van der Waals surface area contributed by atoms with Gasteiger partial charge in [-0.05, 0) is 35.9 Å². The first-order chi connectivity index (χ1) is 15.1. The van der Waals surface area contributed by atoms with Crippen LogP contribution in [0.5, 0.6) is 11.5 Å². The van der Waals surface area contributed by atoms with Crippen LogP contribution in [0.2, 0.25) is 10.0 Å². The molecule has 0 fully saturated rings. The summed E-state index contributed by atoms with van der Waals surface area (Å²) < 4.78 is 16.8. The number of anilines is 1. The Kier molecular flexibility index (Phi) is 6.30. The normalized spacial score (nSPS) is 11.7. The van der Waals surface area contributed by atoms with Gasteiger partial charge in [0.15, 0.2) is 0 Å². The highest BCUT2D eigenvalue weighted by Gasteiger charge is 2.23. The molecule has 0 bridgehead atoms. The van der Waals surface area contributed by atoms with E-state index < -0.39 is 6.04 Å². The molecular weight excluding hydrogens is 437 g/mol. The number of hydrogen-bond donors (Lipinski definition) is 1. The van der Waals surface area contributed by atoms with Crippen molar-refractivity contribution in [1.82, 2.24) is 10.2 Å². The summed E-state index contributed by atoms with van der Waals surface area (Å²) in [5, 5.41) is 13.0. The van der Waals surface area contributed by atoms with E-state index in [-0.39, 0.29) is 0 Å². The molecule has 0 radical (unpaired) electrons. The zero-order valence-electron chi connectivity index (χ0n) is 16.8. The van der Waals surface area contributed by atoms with Crippen LogP contribution in [0.25, 0.3) is 11.5 Å². The van der Waals surface area contributed by atoms with Crippen molar-refractivity contribution < 1.29 is 13.9 Å². The molecule has 4 rings (SSSR count). The number of nitrogens with zero attached hydrogens (tertiary/aromatic N) is 2. The Bertz CT molecular complexity index is 1160. The highest BCUT2D eigenvalue weighted by molar-refractivity contribution is 6.32. The van der Waals surface area contributed by atoms with Gasteiger partial charge in [-0.1, -0.05) is 53.5 Å². The van der Waals surface area contributed by atoms with Crippen LogP contribution in [0.1, 0.15) is 17.5 Å². The van der Waals surface area contributed by atoms with Gasteiger partial charge in [-0.25, -0.2) is 0 Å². The van der Waals surface area contributed by atoms with Crippen LogP contribution in [0.4, 0.5) is 5.69 Å². The number of ether oxygens (including phenoxy) is 2. The van der Waals surface area contributed by atoms with Gasteiger partial charge in [-0.3, -0.25) is 0 Å². The van der Waals surface area contributed by atoms with Crippen LogP contribution < -0.4 is 14.8 Å². The average molecular weight is 456 g/mol. The van der Waals surface area contributed by atoms with Gasteiger partial charge in [0.05, 0.1) is 24.9 Å². The summed E-state index contributed by atoms with van der Waals surface area (Å²) in [6.45, 7) is 0. The van der Waals surface area contributed by atoms with Gasteiger partial charge in [0.1, 0.15) is 17.5 Å². The molecule has 1 heterocycles. The topological polar surface area (TPSA) is 69.4 Å². The molecule has 0 aliphatic heterocycles. The Morgan fingerprint density at radius 2 is 1.58 bits per heavy atom. The average Bonchev–Trinajstić information content (AvgIpc) is 3.29. The molecule has 1 N–H and O–H groups in total. The first kappa shape index (κ1) is 21.0. The van der Waals surface area contributed by atoms with E-state index in [1.165, 1.54) is 0 Å². The van der Waals surface area contributed by atoms with Gasteiger partial charge in [0.25, 0.3) is 0 Å². The first-order valence-electron chi connectivity index (χ1n) is 9.41. The van der Waals surface area contributed by atoms with E-state index >= 15 is 0 Å². The Labute approximate surface area is 189 Å². The van der Waals surface area contributed by atoms with Gasteiger partial charge >= 0.3 is 0 Å². The van der Waals surface area contributed by atoms with Crippen LogP contribution >= 0.6 is 23.2 Å². The second-order valence-corrected chi connectivity index (χ2v) is 7.47. The lowest BCUT2D eigenvalue weighted by Crippen LogP contribution is -2.13. The van der Waals surface area contributed by atoms with Gasteiger partial charge < -0.3 is 19.2 Å². The molecule has 0 aliphatic rings. The van der Waals surface area contributed by atoms with Crippen molar-refractivity contribution >= 4 is 28.9 Å². The van der Waals surface area contributed by atoms with Crippen LogP contribution in [-0.4, -0.2) is 24.4 Å². The summed E-state index contributed by atoms with van der Waals surface area (Å²) in [7, 11) is 3.12. The molecule has 0 spiro atoms. The highest BCUT2D eigenvalue weighted by Crippen LogP contribution is 2.39. The Balaban J connectivity index is 1.75. The molecule has 4 aromatic rings. The monoisotopic (exact) mass is 455 g/mol. The van der Waals surface area contributed by atoms with Crippen LogP contribution in [-0.2, 0) is 0 Å². The molecule has 1 aromatic heterocycles. The predicted octanol–water partition coefficient (Wildman–Crippen LogP) is 6.26. The molecule has 0 amide bonds. The molecule has 8 heteroatoms. The maximum Gasteiger partial charge on any atom is 0.247 e. The summed E-state index contributed by atoms with van der Waals surface area (Å²) >= 11 is 12.4. The number of methoxy groups -OCH3 is 2. The lowest BCUT2D eigenvalue weighted by Gasteiger charge is -2.20. The predicted molar refractivity (Wildman–Crippen MR) is 121 cm³/mol. The summed E-state index contributed by atoms with van der Waals surface area (Å²) in [5.41, 5.74) is 2.36. The third-order valence-electron chi connectivity index (χ3n) is 4.69. The van der Waals surface area contributed by atoms with Crippen molar-refractivity contribution in [2.75, 3.05) is 19.5 Å². The van der Waals surface area contributed by atoms with Gasteiger partial charge in [0, 0.05) is 16.7 Å². The molecule has 31 heavy (non-hydrogen) atoms. The highest BCUT2D eigenvalue weighted by atomic mass is 35.5. The number of hydrogen-bond acceptors (Lipinski definition) is 6. The molecule has 158 valence electrons. The molecule has 1 atom stereocenters. The Hall–Kier alpha value is -3.22. The number of aromatic nitrogens is 2. The number of halogens is 2. The van der Waals surface area contributed by atoms with Crippen molar-refractivity contribution in [2.45, 2.75) is 6.04 Å². The Morgan fingerprint density at radius 3 is 2.26 bits per heavy atom. The molecule has 3 aromatic carbocycles. The van der Waals surface area contributed by atoms with E-state index in [0.29, 0.717) is 39.0 Å². The van der Waals surface area contributed by atoms with E-state index in [2.05, 4.69) is 15.5 Å². The largest absolute Gasteiger partial charge is 0.495 e. The number of rotatable bonds is 7. The van der Waals surface area contributed by atoms with Crippen molar-refractivity contribution in [3.63, 3.8) is 0 Å². The first-order valence-corrected chi connectivity index (χ1v) is 10.2. The van der Waals surface area contributed by atoms with Crippen molar-refractivity contribution in [2.24, 2.45) is 0 Å². The van der Waals surface area contributed by atoms with E-state index in [4.69, 9.17) is 37.1 Å². The Morgan fingerprint density at radius 1 is 0.871 bits per heavy atom. The zero-order chi connectivity index (χ0) is 21.8. The quantitative estimate of drug-likeness (QED) is 0.354. The molecular formula is C23H19Cl2N3O3. The smallest absolute Gasteiger partial charge is 0.247 e.